The first-order valence-electron chi connectivity index (χ1n) is 12.4. The van der Waals surface area contributed by atoms with Gasteiger partial charge in [0.1, 0.15) is 11.6 Å². The monoisotopic (exact) mass is 474 g/mol. The van der Waals surface area contributed by atoms with Crippen LogP contribution >= 0.6 is 0 Å². The predicted molar refractivity (Wildman–Crippen MR) is 145 cm³/mol. The Morgan fingerprint density at radius 2 is 1.71 bits per heavy atom. The van der Waals surface area contributed by atoms with Gasteiger partial charge >= 0.3 is 0 Å². The number of H-pyrrole nitrogens is 1. The molecule has 7 heteroatoms. The number of nitrogens with one attached hydrogen (secondary N) is 2. The second kappa shape index (κ2) is 9.46. The van der Waals surface area contributed by atoms with E-state index in [1.807, 2.05) is 44.2 Å². The highest BCUT2D eigenvalue weighted by Crippen LogP contribution is 2.32. The van der Waals surface area contributed by atoms with Crippen molar-refractivity contribution in [3.05, 3.63) is 48.3 Å². The quantitative estimate of drug-likeness (QED) is 0.251. The maximum atomic E-state index is 10.9. The predicted octanol–water partition coefficient (Wildman–Crippen LogP) is 5.71. The number of hydrogen-bond acceptors (Lipinski definition) is 5. The van der Waals surface area contributed by atoms with Crippen molar-refractivity contribution in [1.82, 2.24) is 20.2 Å². The minimum atomic E-state index is 0.0637. The van der Waals surface area contributed by atoms with Gasteiger partial charge in [-0.2, -0.15) is 5.10 Å². The Labute approximate surface area is 208 Å². The number of nitrogens with zero attached hydrogens (tertiary/aromatic N) is 4. The summed E-state index contributed by atoms with van der Waals surface area (Å²) in [5.74, 6) is 1.08. The molecule has 1 aromatic heterocycles. The molecule has 0 radical (unpaired) electrons. The van der Waals surface area contributed by atoms with Crippen LogP contribution in [0.25, 0.3) is 22.2 Å². The molecule has 0 saturated carbocycles. The summed E-state index contributed by atoms with van der Waals surface area (Å²) in [6.07, 6.45) is 4.43. The SMILES string of the molecule is CC/C(=N\N=C(/C)N(C)C1CC(C)(C)NC(C)(C)C1)c1ccc(-c2ccc3nc[nH]c3c2)cc1O. The van der Waals surface area contributed by atoms with Crippen LogP contribution in [0, 0.1) is 0 Å². The van der Waals surface area contributed by atoms with Gasteiger partial charge in [-0.05, 0) is 89.3 Å². The maximum absolute atomic E-state index is 10.9. The molecular weight excluding hydrogens is 436 g/mol. The van der Waals surface area contributed by atoms with Gasteiger partial charge < -0.3 is 20.3 Å². The highest BCUT2D eigenvalue weighted by Gasteiger charge is 2.39. The van der Waals surface area contributed by atoms with Crippen LogP contribution in [-0.4, -0.2) is 55.7 Å². The van der Waals surface area contributed by atoms with Crippen LogP contribution < -0.4 is 5.32 Å². The fourth-order valence-corrected chi connectivity index (χ4v) is 5.40. The van der Waals surface area contributed by atoms with Gasteiger partial charge in [-0.25, -0.2) is 4.98 Å². The molecule has 186 valence electrons. The third kappa shape index (κ3) is 5.56. The first kappa shape index (κ1) is 24.9. The van der Waals surface area contributed by atoms with Gasteiger partial charge in [0.2, 0.25) is 0 Å². The van der Waals surface area contributed by atoms with Gasteiger partial charge in [-0.3, -0.25) is 0 Å². The van der Waals surface area contributed by atoms with Gasteiger partial charge in [-0.15, -0.1) is 5.10 Å². The van der Waals surface area contributed by atoms with Gasteiger partial charge in [0.05, 0.1) is 23.1 Å². The summed E-state index contributed by atoms with van der Waals surface area (Å²) in [6, 6.07) is 12.1. The van der Waals surface area contributed by atoms with Crippen molar-refractivity contribution in [1.29, 1.82) is 0 Å². The Morgan fingerprint density at radius 3 is 2.37 bits per heavy atom. The molecule has 1 fully saturated rings. The Kier molecular flexibility index (Phi) is 6.73. The standard InChI is InChI=1S/C28H38N6O/c1-8-23(32-31-18(2)34(7)21-15-27(3,4)33-28(5,6)16-21)22-11-9-20(14-26(22)35)19-10-12-24-25(13-19)30-17-29-24/h9-14,17,21,33,35H,8,15-16H2,1-7H3,(H,29,30)/b31-18+,32-23+. The van der Waals surface area contributed by atoms with E-state index >= 15 is 0 Å². The van der Waals surface area contributed by atoms with Crippen molar-refractivity contribution >= 4 is 22.6 Å². The summed E-state index contributed by atoms with van der Waals surface area (Å²) in [4.78, 5) is 9.65. The summed E-state index contributed by atoms with van der Waals surface area (Å²) in [5.41, 5.74) is 5.44. The molecule has 3 aromatic rings. The van der Waals surface area contributed by atoms with Crippen molar-refractivity contribution < 1.29 is 5.11 Å². The van der Waals surface area contributed by atoms with Crippen LogP contribution in [0.5, 0.6) is 5.75 Å². The molecule has 0 spiro atoms. The highest BCUT2D eigenvalue weighted by molar-refractivity contribution is 6.03. The van der Waals surface area contributed by atoms with Gasteiger partial charge in [-0.1, -0.05) is 19.1 Å². The highest BCUT2D eigenvalue weighted by atomic mass is 16.3. The molecule has 3 N–H and O–H groups in total. The summed E-state index contributed by atoms with van der Waals surface area (Å²) in [5, 5.41) is 23.7. The van der Waals surface area contributed by atoms with Crippen LogP contribution in [0.1, 0.15) is 66.4 Å². The second-order valence-electron chi connectivity index (χ2n) is 11.0. The number of amidine groups is 1. The maximum Gasteiger partial charge on any atom is 0.125 e. The molecule has 2 heterocycles. The van der Waals surface area contributed by atoms with E-state index in [1.54, 1.807) is 12.4 Å². The first-order valence-corrected chi connectivity index (χ1v) is 12.4. The Morgan fingerprint density at radius 1 is 1.06 bits per heavy atom. The average Bonchev–Trinajstić information content (AvgIpc) is 3.25. The Balaban J connectivity index is 1.55. The zero-order chi connectivity index (χ0) is 25.4. The zero-order valence-electron chi connectivity index (χ0n) is 22.0. The van der Waals surface area contributed by atoms with Crippen molar-refractivity contribution in [2.24, 2.45) is 10.2 Å². The summed E-state index contributed by atoms with van der Waals surface area (Å²) in [7, 11) is 2.10. The number of imidazole rings is 1. The van der Waals surface area contributed by atoms with Crippen LogP contribution in [0.2, 0.25) is 0 Å². The number of aromatic amines is 1. The van der Waals surface area contributed by atoms with Crippen LogP contribution in [0.15, 0.2) is 52.9 Å². The van der Waals surface area contributed by atoms with Crippen molar-refractivity contribution in [2.75, 3.05) is 7.05 Å². The van der Waals surface area contributed by atoms with Crippen LogP contribution in [-0.2, 0) is 0 Å². The molecule has 0 atom stereocenters. The molecule has 7 nitrogen and oxygen atoms in total. The molecule has 1 aliphatic heterocycles. The van der Waals surface area contributed by atoms with E-state index in [0.29, 0.717) is 18.0 Å². The smallest absolute Gasteiger partial charge is 0.125 e. The zero-order valence-corrected chi connectivity index (χ0v) is 22.0. The lowest BCUT2D eigenvalue weighted by molar-refractivity contribution is 0.113. The number of rotatable bonds is 5. The van der Waals surface area contributed by atoms with E-state index in [9.17, 15) is 5.11 Å². The number of piperidine rings is 1. The lowest BCUT2D eigenvalue weighted by atomic mass is 9.79. The largest absolute Gasteiger partial charge is 0.507 e. The van der Waals surface area contributed by atoms with Gasteiger partial charge in [0.15, 0.2) is 0 Å². The molecule has 1 aliphatic rings. The molecule has 0 amide bonds. The molecule has 35 heavy (non-hydrogen) atoms. The minimum absolute atomic E-state index is 0.0637. The Hall–Kier alpha value is -3.19. The normalized spacial score (nSPS) is 18.7. The lowest BCUT2D eigenvalue weighted by Gasteiger charge is -2.49. The van der Waals surface area contributed by atoms with E-state index in [-0.39, 0.29) is 16.8 Å². The average molecular weight is 475 g/mol. The number of benzene rings is 2. The van der Waals surface area contributed by atoms with E-state index in [0.717, 1.165) is 46.5 Å². The summed E-state index contributed by atoms with van der Waals surface area (Å²) < 4.78 is 0. The summed E-state index contributed by atoms with van der Waals surface area (Å²) >= 11 is 0. The third-order valence-corrected chi connectivity index (χ3v) is 6.94. The van der Waals surface area contributed by atoms with Crippen molar-refractivity contribution in [3.63, 3.8) is 0 Å². The molecule has 0 unspecified atom stereocenters. The molecule has 0 bridgehead atoms. The van der Waals surface area contributed by atoms with Crippen molar-refractivity contribution in [3.8, 4) is 16.9 Å². The Bertz CT molecular complexity index is 1250. The lowest BCUT2D eigenvalue weighted by Crippen LogP contribution is -2.62. The number of aromatic nitrogens is 2. The molecule has 4 rings (SSSR count). The second-order valence-corrected chi connectivity index (χ2v) is 11.0. The van der Waals surface area contributed by atoms with E-state index in [2.05, 4.69) is 65.1 Å². The number of fused-ring (bicyclic) bond motifs is 1. The minimum Gasteiger partial charge on any atom is -0.507 e. The third-order valence-electron chi connectivity index (χ3n) is 6.94. The van der Waals surface area contributed by atoms with E-state index < -0.39 is 0 Å². The van der Waals surface area contributed by atoms with Crippen LogP contribution in [0.4, 0.5) is 0 Å². The number of aromatic hydroxyl groups is 1. The van der Waals surface area contributed by atoms with Gasteiger partial charge in [0.25, 0.3) is 0 Å². The first-order chi connectivity index (χ1) is 16.5. The van der Waals surface area contributed by atoms with Crippen LogP contribution in [0.3, 0.4) is 0 Å². The fraction of sp³-hybridized carbons (Fsp3) is 0.464. The molecule has 0 aliphatic carbocycles. The summed E-state index contributed by atoms with van der Waals surface area (Å²) in [6.45, 7) is 13.1. The number of phenolic OH excluding ortho intramolecular Hbond substituents is 1. The van der Waals surface area contributed by atoms with Crippen molar-refractivity contribution in [2.45, 2.75) is 77.9 Å². The molecular formula is C28H38N6O. The topological polar surface area (TPSA) is 88.9 Å². The van der Waals surface area contributed by atoms with E-state index in [4.69, 9.17) is 0 Å². The molecule has 1 saturated heterocycles. The number of phenols is 1. The molecule has 2 aromatic carbocycles. The number of hydrogen-bond donors (Lipinski definition) is 3. The van der Waals surface area contributed by atoms with E-state index in [1.165, 1.54) is 0 Å². The van der Waals surface area contributed by atoms with Gasteiger partial charge in [0, 0.05) is 29.7 Å². The fourth-order valence-electron chi connectivity index (χ4n) is 5.40.